The Bertz CT molecular complexity index is 1490. The summed E-state index contributed by atoms with van der Waals surface area (Å²) in [5, 5.41) is 4.92. The first-order chi connectivity index (χ1) is 16.9. The van der Waals surface area contributed by atoms with Crippen LogP contribution in [0, 0.1) is 19.7 Å². The molecule has 7 nitrogen and oxygen atoms in total. The fourth-order valence-electron chi connectivity index (χ4n) is 5.53. The molecule has 2 aliphatic carbocycles. The highest BCUT2D eigenvalue weighted by molar-refractivity contribution is 6.30. The number of hydrogen-bond acceptors (Lipinski definition) is 6. The average Bonchev–Trinajstić information content (AvgIpc) is 3.55. The van der Waals surface area contributed by atoms with E-state index in [1.54, 1.807) is 12.1 Å². The molecule has 0 radical (unpaired) electrons. The van der Waals surface area contributed by atoms with Crippen molar-refractivity contribution >= 4 is 22.8 Å². The summed E-state index contributed by atoms with van der Waals surface area (Å²) in [5.41, 5.74) is 4.10. The second kappa shape index (κ2) is 7.51. The van der Waals surface area contributed by atoms with E-state index in [2.05, 4.69) is 21.0 Å². The number of fused-ring (bicyclic) bond motifs is 3. The van der Waals surface area contributed by atoms with Gasteiger partial charge in [0.2, 0.25) is 0 Å². The molecule has 4 aromatic rings. The van der Waals surface area contributed by atoms with Crippen LogP contribution in [0.1, 0.15) is 66.8 Å². The predicted molar refractivity (Wildman–Crippen MR) is 129 cm³/mol. The van der Waals surface area contributed by atoms with Crippen LogP contribution in [-0.4, -0.2) is 35.8 Å². The zero-order valence-corrected chi connectivity index (χ0v) is 20.3. The molecular formula is C26H24ClFN6O. The molecule has 5 heterocycles. The van der Waals surface area contributed by atoms with Crippen molar-refractivity contribution in [3.8, 4) is 11.3 Å². The monoisotopic (exact) mass is 490 g/mol. The van der Waals surface area contributed by atoms with E-state index in [0.717, 1.165) is 36.2 Å². The van der Waals surface area contributed by atoms with Gasteiger partial charge in [0.25, 0.3) is 0 Å². The van der Waals surface area contributed by atoms with Gasteiger partial charge in [0.05, 0.1) is 35.3 Å². The third-order valence-corrected chi connectivity index (χ3v) is 7.87. The Morgan fingerprint density at radius 2 is 1.89 bits per heavy atom. The molecule has 1 unspecified atom stereocenters. The van der Waals surface area contributed by atoms with Crippen LogP contribution in [0.4, 0.5) is 4.39 Å². The van der Waals surface area contributed by atoms with Crippen LogP contribution in [0.3, 0.4) is 0 Å². The molecule has 35 heavy (non-hydrogen) atoms. The van der Waals surface area contributed by atoms with Crippen molar-refractivity contribution in [1.29, 1.82) is 0 Å². The van der Waals surface area contributed by atoms with Gasteiger partial charge in [0, 0.05) is 34.7 Å². The summed E-state index contributed by atoms with van der Waals surface area (Å²) in [6.07, 6.45) is 9.18. The summed E-state index contributed by atoms with van der Waals surface area (Å²) in [6.45, 7) is 3.79. The van der Waals surface area contributed by atoms with Gasteiger partial charge in [-0.25, -0.2) is 24.3 Å². The number of hydrogen-bond donors (Lipinski definition) is 0. The smallest absolute Gasteiger partial charge is 0.182 e. The highest BCUT2D eigenvalue weighted by atomic mass is 35.5. The second-order valence-corrected chi connectivity index (χ2v) is 10.6. The van der Waals surface area contributed by atoms with Crippen LogP contribution in [0.15, 0.2) is 30.6 Å². The molecule has 3 aromatic heterocycles. The molecule has 3 atom stereocenters. The Morgan fingerprint density at radius 3 is 2.66 bits per heavy atom. The van der Waals surface area contributed by atoms with Gasteiger partial charge < -0.3 is 4.74 Å². The number of aromatic nitrogens is 6. The topological polar surface area (TPSA) is 78.6 Å². The summed E-state index contributed by atoms with van der Waals surface area (Å²) in [7, 11) is 0. The van der Waals surface area contributed by atoms with Gasteiger partial charge in [0.15, 0.2) is 5.65 Å². The summed E-state index contributed by atoms with van der Waals surface area (Å²) in [6, 6.07) is 5.14. The van der Waals surface area contributed by atoms with E-state index in [4.69, 9.17) is 31.3 Å². The first kappa shape index (κ1) is 21.3. The molecule has 8 rings (SSSR count). The molecule has 0 spiro atoms. The van der Waals surface area contributed by atoms with E-state index >= 15 is 4.39 Å². The molecule has 4 aliphatic rings. The zero-order valence-electron chi connectivity index (χ0n) is 19.5. The van der Waals surface area contributed by atoms with Gasteiger partial charge in [-0.3, -0.25) is 4.68 Å². The second-order valence-electron chi connectivity index (χ2n) is 10.1. The third kappa shape index (κ3) is 3.45. The van der Waals surface area contributed by atoms with Crippen molar-refractivity contribution < 1.29 is 9.13 Å². The van der Waals surface area contributed by atoms with Gasteiger partial charge in [-0.1, -0.05) is 11.6 Å². The normalized spacial score (nSPS) is 25.6. The average molecular weight is 491 g/mol. The number of halogens is 2. The lowest BCUT2D eigenvalue weighted by atomic mass is 9.68. The molecule has 2 saturated carbocycles. The maximum atomic E-state index is 15.0. The Kier molecular flexibility index (Phi) is 4.58. The Labute approximate surface area is 206 Å². The van der Waals surface area contributed by atoms with Gasteiger partial charge in [-0.15, -0.1) is 0 Å². The van der Waals surface area contributed by atoms with Crippen molar-refractivity contribution in [2.75, 3.05) is 0 Å². The SMILES string of the molecule is Cc1nc2nc([C@@H]3CC4C[C@@](c5cnn(C6CC6)c5)(C3)O4)nc(-c3ccc(Cl)cc3F)c2nc1C. The Hall–Kier alpha value is -2.97. The van der Waals surface area contributed by atoms with Crippen LogP contribution in [-0.2, 0) is 10.3 Å². The van der Waals surface area contributed by atoms with Gasteiger partial charge in [-0.2, -0.15) is 5.10 Å². The van der Waals surface area contributed by atoms with Crippen molar-refractivity contribution in [3.05, 3.63) is 64.2 Å². The summed E-state index contributed by atoms with van der Waals surface area (Å²) in [5.74, 6) is 0.280. The molecule has 178 valence electrons. The van der Waals surface area contributed by atoms with Crippen LogP contribution in [0.2, 0.25) is 5.02 Å². The lowest BCUT2D eigenvalue weighted by Gasteiger charge is -2.54. The lowest BCUT2D eigenvalue weighted by Crippen LogP contribution is -2.53. The minimum absolute atomic E-state index is 0.0636. The van der Waals surface area contributed by atoms with E-state index in [9.17, 15) is 0 Å². The van der Waals surface area contributed by atoms with Gasteiger partial charge in [0.1, 0.15) is 22.9 Å². The predicted octanol–water partition coefficient (Wildman–Crippen LogP) is 5.59. The molecule has 0 amide bonds. The van der Waals surface area contributed by atoms with E-state index in [1.165, 1.54) is 18.9 Å². The minimum Gasteiger partial charge on any atom is -0.367 e. The number of aryl methyl sites for hydroxylation is 2. The summed E-state index contributed by atoms with van der Waals surface area (Å²) >= 11 is 6.02. The van der Waals surface area contributed by atoms with Gasteiger partial charge in [-0.05, 0) is 57.7 Å². The highest BCUT2D eigenvalue weighted by Gasteiger charge is 2.54. The van der Waals surface area contributed by atoms with Crippen molar-refractivity contribution in [2.45, 2.75) is 69.6 Å². The molecule has 2 aliphatic heterocycles. The number of nitrogens with zero attached hydrogens (tertiary/aromatic N) is 6. The Balaban J connectivity index is 1.32. The zero-order chi connectivity index (χ0) is 23.9. The van der Waals surface area contributed by atoms with Crippen LogP contribution in [0.25, 0.3) is 22.4 Å². The quantitative estimate of drug-likeness (QED) is 0.371. The lowest BCUT2D eigenvalue weighted by molar-refractivity contribution is -0.249. The van der Waals surface area contributed by atoms with Crippen molar-refractivity contribution in [2.24, 2.45) is 0 Å². The highest BCUT2D eigenvalue weighted by Crippen LogP contribution is 2.56. The van der Waals surface area contributed by atoms with E-state index in [-0.39, 0.29) is 17.6 Å². The fraction of sp³-hybridized carbons (Fsp3) is 0.423. The van der Waals surface area contributed by atoms with Crippen LogP contribution in [0.5, 0.6) is 0 Å². The maximum absolute atomic E-state index is 15.0. The molecule has 9 heteroatoms. The molecule has 2 bridgehead atoms. The molecule has 1 aromatic carbocycles. The van der Waals surface area contributed by atoms with E-state index in [1.807, 2.05) is 20.0 Å². The standard InChI is InChI=1S/C26H24ClFN6O/c1-13-14(2)31-25-23(30-13)22(20-6-3-17(27)8-21(20)28)32-24(33-25)15-7-19-10-26(9-15,35-19)16-11-29-34(12-16)18-4-5-18/h3,6,8,11-12,15,18-19H,4-5,7,9-10H2,1-2H3/t15-,19?,26-/m1/s1. The molecule has 0 N–H and O–H groups in total. The third-order valence-electron chi connectivity index (χ3n) is 7.63. The fourth-order valence-corrected chi connectivity index (χ4v) is 5.69. The van der Waals surface area contributed by atoms with E-state index < -0.39 is 5.82 Å². The first-order valence-corrected chi connectivity index (χ1v) is 12.5. The van der Waals surface area contributed by atoms with Crippen LogP contribution < -0.4 is 0 Å². The number of ether oxygens (including phenoxy) is 1. The number of rotatable bonds is 4. The first-order valence-electron chi connectivity index (χ1n) is 12.1. The summed E-state index contributed by atoms with van der Waals surface area (Å²) < 4.78 is 23.5. The molecular weight excluding hydrogens is 467 g/mol. The van der Waals surface area contributed by atoms with E-state index in [0.29, 0.717) is 39.3 Å². The minimum atomic E-state index is -0.442. The Morgan fingerprint density at radius 1 is 1.09 bits per heavy atom. The maximum Gasteiger partial charge on any atom is 0.182 e. The largest absolute Gasteiger partial charge is 0.367 e. The van der Waals surface area contributed by atoms with Crippen LogP contribution >= 0.6 is 11.6 Å². The van der Waals surface area contributed by atoms with Gasteiger partial charge >= 0.3 is 0 Å². The van der Waals surface area contributed by atoms with Crippen molar-refractivity contribution in [3.63, 3.8) is 0 Å². The molecule has 2 saturated heterocycles. The molecule has 4 fully saturated rings. The number of benzene rings is 1. The summed E-state index contributed by atoms with van der Waals surface area (Å²) in [4.78, 5) is 19.1. The van der Waals surface area contributed by atoms with Crippen molar-refractivity contribution in [1.82, 2.24) is 29.7 Å².